The van der Waals surface area contributed by atoms with Crippen molar-refractivity contribution in [2.45, 2.75) is 50.2 Å². The van der Waals surface area contributed by atoms with Crippen molar-refractivity contribution in [2.24, 2.45) is 0 Å². The van der Waals surface area contributed by atoms with E-state index in [0.717, 1.165) is 9.87 Å². The number of carbonyl (C=O) groups excluding carboxylic acids is 2. The van der Waals surface area contributed by atoms with Crippen LogP contribution in [-0.2, 0) is 32.6 Å². The Labute approximate surface area is 273 Å². The van der Waals surface area contributed by atoms with Crippen molar-refractivity contribution in [3.8, 4) is 0 Å². The number of nitrogens with one attached hydrogen (secondary N) is 1. The van der Waals surface area contributed by atoms with Gasteiger partial charge in [0, 0.05) is 28.5 Å². The summed E-state index contributed by atoms with van der Waals surface area (Å²) in [5.41, 5.74) is 0.787. The number of sulfonamides is 1. The fraction of sp³-hybridized carbons (Fsp3) is 0.235. The van der Waals surface area contributed by atoms with Crippen molar-refractivity contribution in [1.29, 1.82) is 0 Å². The van der Waals surface area contributed by atoms with E-state index in [1.807, 2.05) is 51.1 Å². The van der Waals surface area contributed by atoms with Crippen LogP contribution in [0.5, 0.6) is 0 Å². The van der Waals surface area contributed by atoms with Crippen molar-refractivity contribution in [3.63, 3.8) is 0 Å². The van der Waals surface area contributed by atoms with E-state index in [2.05, 4.69) is 5.32 Å². The van der Waals surface area contributed by atoms with E-state index in [4.69, 9.17) is 23.2 Å². The second-order valence-electron chi connectivity index (χ2n) is 11.5. The van der Waals surface area contributed by atoms with Crippen LogP contribution in [0.2, 0.25) is 10.0 Å². The summed E-state index contributed by atoms with van der Waals surface area (Å²) in [7, 11) is -4.31. The minimum atomic E-state index is -4.31. The molecule has 0 aliphatic carbocycles. The Bertz CT molecular complexity index is 1710. The lowest BCUT2D eigenvalue weighted by Gasteiger charge is -2.35. The average Bonchev–Trinajstić information content (AvgIpc) is 2.98. The summed E-state index contributed by atoms with van der Waals surface area (Å²) in [6.07, 6.45) is 0.143. The zero-order chi connectivity index (χ0) is 32.8. The van der Waals surface area contributed by atoms with Gasteiger partial charge in [0.2, 0.25) is 11.8 Å². The minimum Gasteiger partial charge on any atom is -0.350 e. The SMILES string of the molecule is CC(C)(C)NC(=O)C(Cc1ccccc1)N(Cc1ccc(F)cc1)C(=O)CN(c1cc(Cl)cc(Cl)c1)S(=O)(=O)c1ccccc1. The second kappa shape index (κ2) is 14.5. The number of hydrogen-bond donors (Lipinski definition) is 1. The first-order valence-electron chi connectivity index (χ1n) is 14.2. The molecule has 0 fully saturated rings. The minimum absolute atomic E-state index is 0.0507. The predicted octanol–water partition coefficient (Wildman–Crippen LogP) is 6.88. The van der Waals surface area contributed by atoms with Crippen molar-refractivity contribution in [1.82, 2.24) is 10.2 Å². The molecule has 4 aromatic rings. The predicted molar refractivity (Wildman–Crippen MR) is 176 cm³/mol. The molecule has 7 nitrogen and oxygen atoms in total. The number of carbonyl (C=O) groups is 2. The largest absolute Gasteiger partial charge is 0.350 e. The molecule has 1 unspecified atom stereocenters. The zero-order valence-electron chi connectivity index (χ0n) is 25.1. The lowest BCUT2D eigenvalue weighted by molar-refractivity contribution is -0.140. The van der Waals surface area contributed by atoms with Gasteiger partial charge in [-0.25, -0.2) is 12.8 Å². The summed E-state index contributed by atoms with van der Waals surface area (Å²) in [5, 5.41) is 3.31. The quantitative estimate of drug-likeness (QED) is 0.189. The van der Waals surface area contributed by atoms with Crippen LogP contribution in [0.4, 0.5) is 10.1 Å². The van der Waals surface area contributed by atoms with Gasteiger partial charge in [0.25, 0.3) is 10.0 Å². The van der Waals surface area contributed by atoms with E-state index >= 15 is 0 Å². The van der Waals surface area contributed by atoms with Gasteiger partial charge >= 0.3 is 0 Å². The molecule has 0 bridgehead atoms. The smallest absolute Gasteiger partial charge is 0.264 e. The van der Waals surface area contributed by atoms with Gasteiger partial charge in [-0.1, -0.05) is 83.9 Å². The van der Waals surface area contributed by atoms with Crippen molar-refractivity contribution < 1.29 is 22.4 Å². The molecular formula is C34H34Cl2FN3O4S. The van der Waals surface area contributed by atoms with E-state index in [1.54, 1.807) is 18.2 Å². The number of rotatable bonds is 11. The van der Waals surface area contributed by atoms with Gasteiger partial charge in [-0.15, -0.1) is 0 Å². The van der Waals surface area contributed by atoms with Gasteiger partial charge in [-0.05, 0) is 74.4 Å². The first kappa shape index (κ1) is 34.0. The molecule has 0 heterocycles. The maximum Gasteiger partial charge on any atom is 0.264 e. The standard InChI is InChI=1S/C34H34Cl2FN3O4S/c1-34(2,3)38-33(42)31(18-24-10-6-4-7-11-24)39(22-25-14-16-28(37)17-15-25)32(41)23-40(29-20-26(35)19-27(36)21-29)45(43,44)30-12-8-5-9-13-30/h4-17,19-21,31H,18,22-23H2,1-3H3,(H,38,42). The van der Waals surface area contributed by atoms with Gasteiger partial charge in [-0.2, -0.15) is 0 Å². The molecule has 4 aromatic carbocycles. The fourth-order valence-electron chi connectivity index (χ4n) is 4.73. The first-order chi connectivity index (χ1) is 21.2. The highest BCUT2D eigenvalue weighted by Gasteiger charge is 2.35. The fourth-order valence-corrected chi connectivity index (χ4v) is 6.66. The average molecular weight is 671 g/mol. The number of benzene rings is 4. The molecule has 0 radical (unpaired) electrons. The molecule has 1 atom stereocenters. The molecule has 0 saturated heterocycles. The number of nitrogens with zero attached hydrogens (tertiary/aromatic N) is 2. The summed E-state index contributed by atoms with van der Waals surface area (Å²) < 4.78 is 42.8. The van der Waals surface area contributed by atoms with E-state index < -0.39 is 45.8 Å². The monoisotopic (exact) mass is 669 g/mol. The van der Waals surface area contributed by atoms with E-state index in [9.17, 15) is 22.4 Å². The lowest BCUT2D eigenvalue weighted by atomic mass is 10.0. The van der Waals surface area contributed by atoms with Crippen molar-refractivity contribution in [3.05, 3.63) is 130 Å². The van der Waals surface area contributed by atoms with E-state index in [0.29, 0.717) is 5.56 Å². The van der Waals surface area contributed by atoms with Gasteiger partial charge in [0.15, 0.2) is 0 Å². The molecule has 1 N–H and O–H groups in total. The van der Waals surface area contributed by atoms with Gasteiger partial charge in [-0.3, -0.25) is 13.9 Å². The molecule has 236 valence electrons. The van der Waals surface area contributed by atoms with Gasteiger partial charge in [0.05, 0.1) is 10.6 Å². The number of amides is 2. The third-order valence-corrected chi connectivity index (χ3v) is 9.01. The summed E-state index contributed by atoms with van der Waals surface area (Å²) >= 11 is 12.5. The van der Waals surface area contributed by atoms with Crippen LogP contribution in [-0.4, -0.2) is 43.3 Å². The summed E-state index contributed by atoms with van der Waals surface area (Å²) in [6, 6.07) is 25.6. The molecular weight excluding hydrogens is 636 g/mol. The Balaban J connectivity index is 1.83. The summed E-state index contributed by atoms with van der Waals surface area (Å²) in [5.74, 6) is -1.55. The Morgan fingerprint density at radius 1 is 0.822 bits per heavy atom. The molecule has 0 aromatic heterocycles. The highest BCUT2D eigenvalue weighted by molar-refractivity contribution is 7.92. The number of anilines is 1. The maximum atomic E-state index is 14.4. The van der Waals surface area contributed by atoms with E-state index in [-0.39, 0.29) is 33.6 Å². The van der Waals surface area contributed by atoms with Crippen LogP contribution in [0, 0.1) is 5.82 Å². The summed E-state index contributed by atoms with van der Waals surface area (Å²) in [6.45, 7) is 4.71. The zero-order valence-corrected chi connectivity index (χ0v) is 27.4. The molecule has 0 spiro atoms. The molecule has 0 saturated carbocycles. The van der Waals surface area contributed by atoms with Gasteiger partial charge in [0.1, 0.15) is 18.4 Å². The Morgan fingerprint density at radius 2 is 1.38 bits per heavy atom. The Kier molecular flexibility index (Phi) is 10.9. The first-order valence-corrected chi connectivity index (χ1v) is 16.4. The molecule has 11 heteroatoms. The molecule has 0 aliphatic rings. The lowest BCUT2D eigenvalue weighted by Crippen LogP contribution is -2.56. The van der Waals surface area contributed by atoms with Crippen LogP contribution >= 0.6 is 23.2 Å². The Morgan fingerprint density at radius 3 is 1.93 bits per heavy atom. The van der Waals surface area contributed by atoms with Crippen LogP contribution in [0.3, 0.4) is 0 Å². The molecule has 4 rings (SSSR count). The maximum absolute atomic E-state index is 14.4. The van der Waals surface area contributed by atoms with Crippen LogP contribution in [0.1, 0.15) is 31.9 Å². The third-order valence-electron chi connectivity index (χ3n) is 6.78. The summed E-state index contributed by atoms with van der Waals surface area (Å²) in [4.78, 5) is 29.6. The highest BCUT2D eigenvalue weighted by atomic mass is 35.5. The molecule has 2 amide bonds. The van der Waals surface area contributed by atoms with Crippen molar-refractivity contribution in [2.75, 3.05) is 10.8 Å². The van der Waals surface area contributed by atoms with Crippen LogP contribution in [0.25, 0.3) is 0 Å². The number of halogens is 3. The Hall–Kier alpha value is -3.92. The number of hydrogen-bond acceptors (Lipinski definition) is 4. The van der Waals surface area contributed by atoms with Crippen molar-refractivity contribution >= 4 is 50.7 Å². The van der Waals surface area contributed by atoms with Gasteiger partial charge < -0.3 is 10.2 Å². The highest BCUT2D eigenvalue weighted by Crippen LogP contribution is 2.30. The normalized spacial score (nSPS) is 12.3. The van der Waals surface area contributed by atoms with Crippen LogP contribution in [0.15, 0.2) is 108 Å². The van der Waals surface area contributed by atoms with Crippen LogP contribution < -0.4 is 9.62 Å². The topological polar surface area (TPSA) is 86.8 Å². The van der Waals surface area contributed by atoms with E-state index in [1.165, 1.54) is 59.5 Å². The molecule has 45 heavy (non-hydrogen) atoms. The third kappa shape index (κ3) is 9.29. The molecule has 0 aliphatic heterocycles. The second-order valence-corrected chi connectivity index (χ2v) is 14.3.